The Balaban J connectivity index is 2.36. The first kappa shape index (κ1) is 15.5. The predicted molar refractivity (Wildman–Crippen MR) is 75.0 cm³/mol. The zero-order valence-corrected chi connectivity index (χ0v) is 11.9. The smallest absolute Gasteiger partial charge is 0.174 e. The van der Waals surface area contributed by atoms with Gasteiger partial charge in [-0.05, 0) is 38.5 Å². The summed E-state index contributed by atoms with van der Waals surface area (Å²) in [4.78, 5) is 0. The molecule has 0 atom stereocenters. The van der Waals surface area contributed by atoms with Gasteiger partial charge in [-0.1, -0.05) is 12.1 Å². The van der Waals surface area contributed by atoms with Crippen molar-refractivity contribution in [3.63, 3.8) is 0 Å². The van der Waals surface area contributed by atoms with Crippen LogP contribution in [0.25, 0.3) is 0 Å². The van der Waals surface area contributed by atoms with E-state index >= 15 is 0 Å². The molecule has 0 saturated carbocycles. The van der Waals surface area contributed by atoms with Gasteiger partial charge in [0.2, 0.25) is 0 Å². The molecule has 0 radical (unpaired) electrons. The maximum absolute atomic E-state index is 8.42. The molecule has 1 rings (SSSR count). The Labute approximate surface area is 115 Å². The van der Waals surface area contributed by atoms with E-state index in [2.05, 4.69) is 19.2 Å². The number of nitrogens with one attached hydrogen (secondary N) is 1. The second-order valence-electron chi connectivity index (χ2n) is 4.89. The molecule has 19 heavy (non-hydrogen) atoms. The minimum Gasteiger partial charge on any atom is -0.479 e. The van der Waals surface area contributed by atoms with Crippen LogP contribution < -0.4 is 10.1 Å². The Bertz CT molecular complexity index is 407. The topological polar surface area (TPSA) is 54.3 Å². The summed E-state index contributed by atoms with van der Waals surface area (Å²) in [5.41, 5.74) is 1.03. The van der Waals surface area contributed by atoms with Gasteiger partial charge in [-0.2, -0.15) is 5.26 Å². The van der Waals surface area contributed by atoms with Crippen molar-refractivity contribution in [2.24, 2.45) is 0 Å². The summed E-state index contributed by atoms with van der Waals surface area (Å²) >= 11 is 0. The van der Waals surface area contributed by atoms with E-state index in [1.165, 1.54) is 5.56 Å². The maximum atomic E-state index is 8.42. The van der Waals surface area contributed by atoms with Crippen molar-refractivity contribution in [1.29, 1.82) is 5.26 Å². The fraction of sp³-hybridized carbons (Fsp3) is 0.533. The molecule has 0 saturated heterocycles. The molecule has 1 N–H and O–H groups in total. The molecule has 0 heterocycles. The van der Waals surface area contributed by atoms with Gasteiger partial charge in [-0.15, -0.1) is 0 Å². The Kier molecular flexibility index (Phi) is 6.34. The summed E-state index contributed by atoms with van der Waals surface area (Å²) in [7, 11) is 0. The van der Waals surface area contributed by atoms with Crippen molar-refractivity contribution in [2.75, 3.05) is 19.8 Å². The molecule has 1 aromatic rings. The van der Waals surface area contributed by atoms with Gasteiger partial charge in [0, 0.05) is 19.7 Å². The SMILES string of the molecule is CCOC(C)(C)CNCc1ccc(OCC#N)cc1. The van der Waals surface area contributed by atoms with Gasteiger partial charge in [-0.3, -0.25) is 0 Å². The summed E-state index contributed by atoms with van der Waals surface area (Å²) in [6.07, 6.45) is 0. The first-order valence-corrected chi connectivity index (χ1v) is 6.51. The third-order valence-electron chi connectivity index (χ3n) is 2.64. The average molecular weight is 262 g/mol. The number of nitrogens with zero attached hydrogens (tertiary/aromatic N) is 1. The average Bonchev–Trinajstić information content (AvgIpc) is 2.37. The van der Waals surface area contributed by atoms with Crippen LogP contribution >= 0.6 is 0 Å². The Morgan fingerprint density at radius 1 is 1.26 bits per heavy atom. The second kappa shape index (κ2) is 7.78. The summed E-state index contributed by atoms with van der Waals surface area (Å²) in [5, 5.41) is 11.8. The maximum Gasteiger partial charge on any atom is 0.174 e. The van der Waals surface area contributed by atoms with E-state index in [0.29, 0.717) is 0 Å². The van der Waals surface area contributed by atoms with Crippen LogP contribution in [0.5, 0.6) is 5.75 Å². The Hall–Kier alpha value is -1.57. The zero-order valence-electron chi connectivity index (χ0n) is 11.9. The van der Waals surface area contributed by atoms with E-state index in [1.807, 2.05) is 37.3 Å². The minimum atomic E-state index is -0.148. The van der Waals surface area contributed by atoms with E-state index in [1.54, 1.807) is 0 Å². The highest BCUT2D eigenvalue weighted by molar-refractivity contribution is 5.27. The van der Waals surface area contributed by atoms with Crippen molar-refractivity contribution in [3.05, 3.63) is 29.8 Å². The van der Waals surface area contributed by atoms with E-state index in [9.17, 15) is 0 Å². The number of rotatable bonds is 8. The van der Waals surface area contributed by atoms with Crippen LogP contribution in [0, 0.1) is 11.3 Å². The molecular formula is C15H22N2O2. The van der Waals surface area contributed by atoms with Crippen LogP contribution in [0.2, 0.25) is 0 Å². The highest BCUT2D eigenvalue weighted by Crippen LogP contribution is 2.12. The van der Waals surface area contributed by atoms with Gasteiger partial charge in [0.15, 0.2) is 6.61 Å². The molecule has 0 aliphatic rings. The van der Waals surface area contributed by atoms with Crippen molar-refractivity contribution in [1.82, 2.24) is 5.32 Å². The lowest BCUT2D eigenvalue weighted by atomic mass is 10.1. The lowest BCUT2D eigenvalue weighted by molar-refractivity contribution is -0.00897. The quantitative estimate of drug-likeness (QED) is 0.782. The lowest BCUT2D eigenvalue weighted by Gasteiger charge is -2.25. The molecule has 104 valence electrons. The molecule has 0 unspecified atom stereocenters. The summed E-state index contributed by atoms with van der Waals surface area (Å²) < 4.78 is 10.8. The van der Waals surface area contributed by atoms with Gasteiger partial charge in [0.25, 0.3) is 0 Å². The van der Waals surface area contributed by atoms with Crippen molar-refractivity contribution in [3.8, 4) is 11.8 Å². The molecule has 4 heteroatoms. The van der Waals surface area contributed by atoms with Gasteiger partial charge in [0.05, 0.1) is 5.60 Å². The standard InChI is InChI=1S/C15H22N2O2/c1-4-19-15(2,3)12-17-11-13-5-7-14(8-6-13)18-10-9-16/h5-8,17H,4,10-12H2,1-3H3. The van der Waals surface area contributed by atoms with Crippen molar-refractivity contribution < 1.29 is 9.47 Å². The zero-order chi connectivity index (χ0) is 14.1. The van der Waals surface area contributed by atoms with Crippen LogP contribution in [0.4, 0.5) is 0 Å². The molecule has 4 nitrogen and oxygen atoms in total. The summed E-state index contributed by atoms with van der Waals surface area (Å²) in [6.45, 7) is 8.54. The third kappa shape index (κ3) is 6.23. The molecule has 0 bridgehead atoms. The summed E-state index contributed by atoms with van der Waals surface area (Å²) in [6, 6.07) is 9.69. The highest BCUT2D eigenvalue weighted by atomic mass is 16.5. The monoisotopic (exact) mass is 262 g/mol. The first-order valence-electron chi connectivity index (χ1n) is 6.51. The Morgan fingerprint density at radius 3 is 2.53 bits per heavy atom. The van der Waals surface area contributed by atoms with E-state index in [0.717, 1.165) is 25.4 Å². The van der Waals surface area contributed by atoms with Gasteiger partial charge in [-0.25, -0.2) is 0 Å². The number of ether oxygens (including phenoxy) is 2. The van der Waals surface area contributed by atoms with Crippen molar-refractivity contribution in [2.45, 2.75) is 32.9 Å². The van der Waals surface area contributed by atoms with E-state index < -0.39 is 0 Å². The predicted octanol–water partition coefficient (Wildman–Crippen LogP) is 2.49. The third-order valence-corrected chi connectivity index (χ3v) is 2.64. The van der Waals surface area contributed by atoms with Gasteiger partial charge in [0.1, 0.15) is 11.8 Å². The van der Waals surface area contributed by atoms with Gasteiger partial charge >= 0.3 is 0 Å². The van der Waals surface area contributed by atoms with Crippen molar-refractivity contribution >= 4 is 0 Å². The van der Waals surface area contributed by atoms with E-state index in [-0.39, 0.29) is 12.2 Å². The Morgan fingerprint density at radius 2 is 1.95 bits per heavy atom. The van der Waals surface area contributed by atoms with Crippen LogP contribution in [0.1, 0.15) is 26.3 Å². The lowest BCUT2D eigenvalue weighted by Crippen LogP contribution is -2.37. The number of hydrogen-bond donors (Lipinski definition) is 1. The molecule has 0 fully saturated rings. The molecule has 1 aromatic carbocycles. The molecule has 0 aromatic heterocycles. The molecular weight excluding hydrogens is 240 g/mol. The molecule has 0 aliphatic heterocycles. The number of benzene rings is 1. The molecule has 0 spiro atoms. The normalized spacial score (nSPS) is 11.1. The van der Waals surface area contributed by atoms with Crippen LogP contribution in [-0.4, -0.2) is 25.4 Å². The molecule has 0 amide bonds. The largest absolute Gasteiger partial charge is 0.479 e. The fourth-order valence-corrected chi connectivity index (χ4v) is 1.77. The van der Waals surface area contributed by atoms with Crippen LogP contribution in [0.15, 0.2) is 24.3 Å². The number of nitriles is 1. The minimum absolute atomic E-state index is 0.0835. The van der Waals surface area contributed by atoms with Crippen LogP contribution in [-0.2, 0) is 11.3 Å². The van der Waals surface area contributed by atoms with Gasteiger partial charge < -0.3 is 14.8 Å². The summed E-state index contributed by atoms with van der Waals surface area (Å²) in [5.74, 6) is 0.722. The first-order chi connectivity index (χ1) is 9.07. The second-order valence-corrected chi connectivity index (χ2v) is 4.89. The van der Waals surface area contributed by atoms with E-state index in [4.69, 9.17) is 14.7 Å². The number of hydrogen-bond acceptors (Lipinski definition) is 4. The van der Waals surface area contributed by atoms with Crippen LogP contribution in [0.3, 0.4) is 0 Å². The molecule has 0 aliphatic carbocycles. The fourth-order valence-electron chi connectivity index (χ4n) is 1.77. The highest BCUT2D eigenvalue weighted by Gasteiger charge is 2.16.